The van der Waals surface area contributed by atoms with Gasteiger partial charge in [-0.2, -0.15) is 0 Å². The molecule has 0 radical (unpaired) electrons. The van der Waals surface area contributed by atoms with E-state index in [0.717, 1.165) is 12.5 Å². The molecule has 0 spiro atoms. The maximum absolute atomic E-state index is 4.32. The van der Waals surface area contributed by atoms with Crippen molar-refractivity contribution in [3.05, 3.63) is 34.3 Å². The van der Waals surface area contributed by atoms with Gasteiger partial charge >= 0.3 is 0 Å². The highest BCUT2D eigenvalue weighted by atomic mass is 32.1. The Morgan fingerprint density at radius 1 is 1.50 bits per heavy atom. The maximum atomic E-state index is 4.32. The topological polar surface area (TPSA) is 29.9 Å². The molecule has 0 aliphatic rings. The van der Waals surface area contributed by atoms with E-state index in [4.69, 9.17) is 0 Å². The summed E-state index contributed by atoms with van der Waals surface area (Å²) >= 11 is 1.83. The summed E-state index contributed by atoms with van der Waals surface area (Å²) in [5.41, 5.74) is 0. The third-order valence-electron chi connectivity index (χ3n) is 2.59. The van der Waals surface area contributed by atoms with E-state index in [0.29, 0.717) is 6.04 Å². The Morgan fingerprint density at radius 2 is 2.31 bits per heavy atom. The SMILES string of the molecule is CCn1ccnc1NC(C)c1ccc(C)s1. The Kier molecular flexibility index (Phi) is 3.29. The Bertz CT molecular complexity index is 458. The highest BCUT2D eigenvalue weighted by Crippen LogP contribution is 2.25. The van der Waals surface area contributed by atoms with E-state index < -0.39 is 0 Å². The number of rotatable bonds is 4. The van der Waals surface area contributed by atoms with Crippen molar-refractivity contribution >= 4 is 17.3 Å². The fourth-order valence-corrected chi connectivity index (χ4v) is 2.54. The third kappa shape index (κ3) is 2.27. The van der Waals surface area contributed by atoms with Crippen LogP contribution in [0.3, 0.4) is 0 Å². The first-order chi connectivity index (χ1) is 7.70. The van der Waals surface area contributed by atoms with Gasteiger partial charge in [0.15, 0.2) is 0 Å². The zero-order valence-electron chi connectivity index (χ0n) is 9.90. The summed E-state index contributed by atoms with van der Waals surface area (Å²) < 4.78 is 2.11. The van der Waals surface area contributed by atoms with Crippen LogP contribution in [-0.2, 0) is 6.54 Å². The van der Waals surface area contributed by atoms with Crippen LogP contribution in [0.2, 0.25) is 0 Å². The molecule has 2 aromatic rings. The second-order valence-corrected chi connectivity index (χ2v) is 5.17. The van der Waals surface area contributed by atoms with E-state index in [-0.39, 0.29) is 0 Å². The lowest BCUT2D eigenvalue weighted by atomic mass is 10.3. The number of anilines is 1. The Hall–Kier alpha value is -1.29. The first-order valence-corrected chi connectivity index (χ1v) is 6.36. The number of aromatic nitrogens is 2. The van der Waals surface area contributed by atoms with Crippen LogP contribution >= 0.6 is 11.3 Å². The lowest BCUT2D eigenvalue weighted by molar-refractivity contribution is 0.747. The largest absolute Gasteiger partial charge is 0.348 e. The van der Waals surface area contributed by atoms with Gasteiger partial charge < -0.3 is 9.88 Å². The maximum Gasteiger partial charge on any atom is 0.203 e. The molecule has 0 bridgehead atoms. The zero-order chi connectivity index (χ0) is 11.5. The standard InChI is InChI=1S/C12H17N3S/c1-4-15-8-7-13-12(15)14-10(3)11-6-5-9(2)16-11/h5-8,10H,4H2,1-3H3,(H,13,14). The van der Waals surface area contributed by atoms with E-state index in [1.165, 1.54) is 9.75 Å². The fourth-order valence-electron chi connectivity index (χ4n) is 1.66. The zero-order valence-corrected chi connectivity index (χ0v) is 10.7. The second-order valence-electron chi connectivity index (χ2n) is 3.85. The molecule has 2 heterocycles. The Labute approximate surface area is 100 Å². The lowest BCUT2D eigenvalue weighted by Crippen LogP contribution is -2.10. The van der Waals surface area contributed by atoms with Crippen LogP contribution in [0.5, 0.6) is 0 Å². The van der Waals surface area contributed by atoms with Gasteiger partial charge in [0.2, 0.25) is 5.95 Å². The fraction of sp³-hybridized carbons (Fsp3) is 0.417. The van der Waals surface area contributed by atoms with Crippen molar-refractivity contribution in [1.29, 1.82) is 0 Å². The minimum atomic E-state index is 0.311. The highest BCUT2D eigenvalue weighted by molar-refractivity contribution is 7.12. The van der Waals surface area contributed by atoms with Gasteiger partial charge in [-0.05, 0) is 32.9 Å². The van der Waals surface area contributed by atoms with Gasteiger partial charge in [-0.3, -0.25) is 0 Å². The van der Waals surface area contributed by atoms with Crippen molar-refractivity contribution in [1.82, 2.24) is 9.55 Å². The molecular weight excluding hydrogens is 218 g/mol. The number of hydrogen-bond donors (Lipinski definition) is 1. The van der Waals surface area contributed by atoms with Crippen LogP contribution in [0, 0.1) is 6.92 Å². The van der Waals surface area contributed by atoms with Crippen molar-refractivity contribution < 1.29 is 0 Å². The highest BCUT2D eigenvalue weighted by Gasteiger charge is 2.09. The summed E-state index contributed by atoms with van der Waals surface area (Å²) in [7, 11) is 0. The number of nitrogens with zero attached hydrogens (tertiary/aromatic N) is 2. The van der Waals surface area contributed by atoms with Crippen molar-refractivity contribution in [2.24, 2.45) is 0 Å². The van der Waals surface area contributed by atoms with Gasteiger partial charge in [0.1, 0.15) is 0 Å². The normalized spacial score (nSPS) is 12.7. The molecule has 4 heteroatoms. The minimum absolute atomic E-state index is 0.311. The van der Waals surface area contributed by atoms with E-state index in [2.05, 4.69) is 47.8 Å². The van der Waals surface area contributed by atoms with Crippen molar-refractivity contribution in [3.63, 3.8) is 0 Å². The average molecular weight is 235 g/mol. The molecule has 0 saturated heterocycles. The molecule has 0 aromatic carbocycles. The molecule has 16 heavy (non-hydrogen) atoms. The summed E-state index contributed by atoms with van der Waals surface area (Å²) in [5.74, 6) is 0.945. The van der Waals surface area contributed by atoms with Crippen molar-refractivity contribution in [3.8, 4) is 0 Å². The molecule has 1 unspecified atom stereocenters. The predicted molar refractivity (Wildman–Crippen MR) is 69.0 cm³/mol. The lowest BCUT2D eigenvalue weighted by Gasteiger charge is -2.13. The molecule has 2 aromatic heterocycles. The molecule has 0 saturated carbocycles. The van der Waals surface area contributed by atoms with E-state index >= 15 is 0 Å². The molecule has 86 valence electrons. The first kappa shape index (κ1) is 11.2. The van der Waals surface area contributed by atoms with E-state index in [1.807, 2.05) is 23.7 Å². The number of nitrogens with one attached hydrogen (secondary N) is 1. The number of aryl methyl sites for hydroxylation is 2. The minimum Gasteiger partial charge on any atom is -0.348 e. The van der Waals surface area contributed by atoms with Gasteiger partial charge in [0, 0.05) is 28.7 Å². The van der Waals surface area contributed by atoms with Crippen molar-refractivity contribution in [2.45, 2.75) is 33.4 Å². The van der Waals surface area contributed by atoms with Gasteiger partial charge in [-0.15, -0.1) is 11.3 Å². The molecular formula is C12H17N3S. The van der Waals surface area contributed by atoms with Gasteiger partial charge in [0.25, 0.3) is 0 Å². The van der Waals surface area contributed by atoms with Gasteiger partial charge in [-0.25, -0.2) is 4.98 Å². The molecule has 0 aliphatic carbocycles. The molecule has 0 fully saturated rings. The quantitative estimate of drug-likeness (QED) is 0.879. The van der Waals surface area contributed by atoms with Crippen LogP contribution < -0.4 is 5.32 Å². The Balaban J connectivity index is 2.10. The molecule has 1 atom stereocenters. The Morgan fingerprint density at radius 3 is 2.94 bits per heavy atom. The average Bonchev–Trinajstić information content (AvgIpc) is 2.86. The van der Waals surface area contributed by atoms with E-state index in [1.54, 1.807) is 0 Å². The van der Waals surface area contributed by atoms with Crippen LogP contribution in [0.4, 0.5) is 5.95 Å². The van der Waals surface area contributed by atoms with E-state index in [9.17, 15) is 0 Å². The summed E-state index contributed by atoms with van der Waals surface area (Å²) in [6, 6.07) is 4.65. The van der Waals surface area contributed by atoms with Crippen LogP contribution in [0.25, 0.3) is 0 Å². The smallest absolute Gasteiger partial charge is 0.203 e. The van der Waals surface area contributed by atoms with Crippen LogP contribution in [0.1, 0.15) is 29.6 Å². The molecule has 1 N–H and O–H groups in total. The van der Waals surface area contributed by atoms with Gasteiger partial charge in [0.05, 0.1) is 6.04 Å². The van der Waals surface area contributed by atoms with Crippen LogP contribution in [0.15, 0.2) is 24.5 Å². The molecule has 3 nitrogen and oxygen atoms in total. The summed E-state index contributed by atoms with van der Waals surface area (Å²) in [5, 5.41) is 3.43. The summed E-state index contributed by atoms with van der Waals surface area (Å²) in [6.45, 7) is 7.36. The summed E-state index contributed by atoms with van der Waals surface area (Å²) in [4.78, 5) is 7.02. The number of imidazole rings is 1. The third-order valence-corrected chi connectivity index (χ3v) is 3.77. The predicted octanol–water partition coefficient (Wildman–Crippen LogP) is 3.45. The summed E-state index contributed by atoms with van der Waals surface area (Å²) in [6.07, 6.45) is 3.83. The second kappa shape index (κ2) is 4.70. The number of hydrogen-bond acceptors (Lipinski definition) is 3. The van der Waals surface area contributed by atoms with Crippen LogP contribution in [-0.4, -0.2) is 9.55 Å². The van der Waals surface area contributed by atoms with Gasteiger partial charge in [-0.1, -0.05) is 0 Å². The first-order valence-electron chi connectivity index (χ1n) is 5.54. The molecule has 2 rings (SSSR count). The van der Waals surface area contributed by atoms with Crippen molar-refractivity contribution in [2.75, 3.05) is 5.32 Å². The number of thiophene rings is 1. The molecule has 0 amide bonds. The monoisotopic (exact) mass is 235 g/mol. The molecule has 0 aliphatic heterocycles.